The summed E-state index contributed by atoms with van der Waals surface area (Å²) in [4.78, 5) is 72.3. The fourth-order valence-electron chi connectivity index (χ4n) is 11.0. The number of esters is 4. The third kappa shape index (κ3) is 66.5. The van der Waals surface area contributed by atoms with E-state index in [9.17, 15) is 43.2 Å². The molecule has 0 bridgehead atoms. The summed E-state index contributed by atoms with van der Waals surface area (Å²) in [6.07, 6.45) is 56.1. The first-order valence-corrected chi connectivity index (χ1v) is 40.8. The summed E-state index contributed by atoms with van der Waals surface area (Å²) in [5.74, 6) is -2.13. The lowest BCUT2D eigenvalue weighted by molar-refractivity contribution is -0.161. The zero-order chi connectivity index (χ0) is 66.8. The number of aliphatic hydroxyl groups is 1. The molecule has 2 unspecified atom stereocenters. The van der Waals surface area contributed by atoms with Gasteiger partial charge in [0.25, 0.3) is 0 Å². The van der Waals surface area contributed by atoms with Crippen LogP contribution in [-0.4, -0.2) is 96.7 Å². The molecule has 0 saturated carbocycles. The van der Waals surface area contributed by atoms with Gasteiger partial charge in [-0.15, -0.1) is 0 Å². The van der Waals surface area contributed by atoms with Crippen molar-refractivity contribution in [2.24, 2.45) is 0 Å². The van der Waals surface area contributed by atoms with Crippen LogP contribution in [0.1, 0.15) is 381 Å². The van der Waals surface area contributed by atoms with Crippen molar-refractivity contribution in [2.45, 2.75) is 399 Å². The molecule has 17 nitrogen and oxygen atoms in total. The van der Waals surface area contributed by atoms with Crippen LogP contribution in [0.25, 0.3) is 0 Å². The minimum Gasteiger partial charge on any atom is -0.462 e. The number of carbonyl (C=O) groups is 4. The number of unbranched alkanes of at least 4 members (excludes halogenated alkanes) is 47. The number of rotatable bonds is 73. The summed E-state index contributed by atoms with van der Waals surface area (Å²) in [6.45, 7) is 4.85. The zero-order valence-electron chi connectivity index (χ0n) is 58.8. The molecule has 0 fully saturated rings. The highest BCUT2D eigenvalue weighted by molar-refractivity contribution is 7.47. The normalized spacial score (nSPS) is 14.0. The number of carbonyl (C=O) groups excluding carboxylic acids is 4. The lowest BCUT2D eigenvalue weighted by atomic mass is 10.0. The first-order chi connectivity index (χ1) is 44.2. The number of ether oxygens (including phenoxy) is 4. The molecule has 0 rings (SSSR count). The van der Waals surface area contributed by atoms with Crippen molar-refractivity contribution in [3.05, 3.63) is 0 Å². The van der Waals surface area contributed by atoms with E-state index in [1.165, 1.54) is 205 Å². The van der Waals surface area contributed by atoms with Crippen LogP contribution in [0.2, 0.25) is 0 Å². The maximum atomic E-state index is 13.1. The Balaban J connectivity index is 5.11. The SMILES string of the molecule is CCCCCCCCCCCCCCCCCCCCCCC(=O)O[C@H](COC(=O)CCCCCCCCCCCCCCCCCCC)COP(=O)(O)OC[C@@H](O)COP(=O)(O)OC[C@@H](COC(=O)CCCCCCC)OC(=O)CCCCCCCCCCC. The van der Waals surface area contributed by atoms with E-state index in [1.807, 2.05) is 0 Å². The molecule has 0 aromatic heterocycles. The van der Waals surface area contributed by atoms with Gasteiger partial charge in [-0.2, -0.15) is 0 Å². The van der Waals surface area contributed by atoms with Gasteiger partial charge in [-0.3, -0.25) is 37.3 Å². The Hall–Kier alpha value is -1.94. The van der Waals surface area contributed by atoms with Gasteiger partial charge in [0.05, 0.1) is 26.4 Å². The first kappa shape index (κ1) is 89.1. The van der Waals surface area contributed by atoms with Crippen LogP contribution in [0.15, 0.2) is 0 Å². The standard InChI is InChI=1S/C72H140O17P2/c1-5-9-13-17-20-23-25-27-29-31-32-33-35-37-39-41-44-47-51-55-59-72(77)89-68(63-83-70(75)57-53-49-45-43-40-38-36-34-30-28-26-24-21-18-14-10-6-2)65-87-91(80,81)85-61-66(73)60-84-90(78,79)86-64-67(62-82-69(74)56-52-48-16-12-8-4)88-71(76)58-54-50-46-42-22-19-15-11-7-3/h66-68,73H,5-65H2,1-4H3,(H,78,79)(H,80,81)/t66-,67+,68+/m0/s1. The largest absolute Gasteiger partial charge is 0.472 e. The minimum atomic E-state index is -4.95. The van der Waals surface area contributed by atoms with Crippen molar-refractivity contribution in [3.63, 3.8) is 0 Å². The smallest absolute Gasteiger partial charge is 0.462 e. The number of phosphoric ester groups is 2. The first-order valence-electron chi connectivity index (χ1n) is 37.8. The lowest BCUT2D eigenvalue weighted by Crippen LogP contribution is -2.30. The van der Waals surface area contributed by atoms with Gasteiger partial charge >= 0.3 is 39.5 Å². The van der Waals surface area contributed by atoms with Gasteiger partial charge in [-0.1, -0.05) is 329 Å². The van der Waals surface area contributed by atoms with Crippen molar-refractivity contribution < 1.29 is 80.2 Å². The molecule has 0 radical (unpaired) electrons. The number of phosphoric acid groups is 2. The van der Waals surface area contributed by atoms with E-state index in [2.05, 4.69) is 27.7 Å². The van der Waals surface area contributed by atoms with E-state index in [4.69, 9.17) is 37.0 Å². The van der Waals surface area contributed by atoms with E-state index >= 15 is 0 Å². The van der Waals surface area contributed by atoms with E-state index < -0.39 is 97.5 Å². The van der Waals surface area contributed by atoms with E-state index in [1.54, 1.807) is 0 Å². The second-order valence-electron chi connectivity index (χ2n) is 26.0. The average Bonchev–Trinajstić information content (AvgIpc) is 2.59. The zero-order valence-corrected chi connectivity index (χ0v) is 60.6. The minimum absolute atomic E-state index is 0.105. The number of hydrogen-bond acceptors (Lipinski definition) is 15. The molecule has 0 amide bonds. The third-order valence-electron chi connectivity index (χ3n) is 16.9. The van der Waals surface area contributed by atoms with Crippen molar-refractivity contribution in [3.8, 4) is 0 Å². The highest BCUT2D eigenvalue weighted by Crippen LogP contribution is 2.45. The molecule has 0 spiro atoms. The molecule has 0 aliphatic rings. The fourth-order valence-corrected chi connectivity index (χ4v) is 12.6. The summed E-state index contributed by atoms with van der Waals surface area (Å²) in [6, 6.07) is 0. The van der Waals surface area contributed by atoms with Gasteiger partial charge in [-0.05, 0) is 25.7 Å². The van der Waals surface area contributed by atoms with Crippen molar-refractivity contribution in [1.29, 1.82) is 0 Å². The van der Waals surface area contributed by atoms with Gasteiger partial charge in [0, 0.05) is 25.7 Å². The predicted octanol–water partition coefficient (Wildman–Crippen LogP) is 21.1. The molecule has 540 valence electrons. The van der Waals surface area contributed by atoms with Crippen LogP contribution in [-0.2, 0) is 65.4 Å². The monoisotopic (exact) mass is 1340 g/mol. The highest BCUT2D eigenvalue weighted by Gasteiger charge is 2.30. The van der Waals surface area contributed by atoms with E-state index in [0.717, 1.165) is 96.3 Å². The highest BCUT2D eigenvalue weighted by atomic mass is 31.2. The Morgan fingerprint density at radius 2 is 0.440 bits per heavy atom. The number of hydrogen-bond donors (Lipinski definition) is 3. The van der Waals surface area contributed by atoms with Crippen LogP contribution in [0.3, 0.4) is 0 Å². The Labute approximate surface area is 556 Å². The van der Waals surface area contributed by atoms with E-state index in [-0.39, 0.29) is 25.7 Å². The summed E-state index contributed by atoms with van der Waals surface area (Å²) in [5.41, 5.74) is 0. The molecule has 0 aliphatic heterocycles. The van der Waals surface area contributed by atoms with E-state index in [0.29, 0.717) is 25.7 Å². The Bertz CT molecular complexity index is 1740. The fraction of sp³-hybridized carbons (Fsp3) is 0.944. The Morgan fingerprint density at radius 3 is 0.648 bits per heavy atom. The summed E-state index contributed by atoms with van der Waals surface area (Å²) < 4.78 is 68.1. The predicted molar refractivity (Wildman–Crippen MR) is 368 cm³/mol. The molecule has 0 aliphatic carbocycles. The maximum absolute atomic E-state index is 13.1. The van der Waals surface area contributed by atoms with Gasteiger partial charge in [0.15, 0.2) is 12.2 Å². The average molecular weight is 1340 g/mol. The van der Waals surface area contributed by atoms with Gasteiger partial charge in [0.1, 0.15) is 19.3 Å². The number of aliphatic hydroxyl groups excluding tert-OH is 1. The lowest BCUT2D eigenvalue weighted by Gasteiger charge is -2.21. The van der Waals surface area contributed by atoms with Crippen molar-refractivity contribution in [2.75, 3.05) is 39.6 Å². The topological polar surface area (TPSA) is 237 Å². The van der Waals surface area contributed by atoms with Crippen LogP contribution in [0.5, 0.6) is 0 Å². The third-order valence-corrected chi connectivity index (χ3v) is 18.8. The van der Waals surface area contributed by atoms with Crippen LogP contribution < -0.4 is 0 Å². The summed E-state index contributed by atoms with van der Waals surface area (Å²) in [7, 11) is -9.89. The summed E-state index contributed by atoms with van der Waals surface area (Å²) >= 11 is 0. The molecular formula is C72H140O17P2. The van der Waals surface area contributed by atoms with Crippen LogP contribution in [0, 0.1) is 0 Å². The molecule has 0 aromatic rings. The van der Waals surface area contributed by atoms with Gasteiger partial charge < -0.3 is 33.8 Å². The molecule has 19 heteroatoms. The maximum Gasteiger partial charge on any atom is 0.472 e. The molecule has 0 saturated heterocycles. The molecule has 3 N–H and O–H groups in total. The van der Waals surface area contributed by atoms with Crippen LogP contribution in [0.4, 0.5) is 0 Å². The molecule has 0 heterocycles. The molecule has 91 heavy (non-hydrogen) atoms. The Morgan fingerprint density at radius 1 is 0.264 bits per heavy atom. The second-order valence-corrected chi connectivity index (χ2v) is 28.9. The Kier molecular flexibility index (Phi) is 65.2. The second kappa shape index (κ2) is 66.7. The van der Waals surface area contributed by atoms with Crippen molar-refractivity contribution >= 4 is 39.5 Å². The molecular weight excluding hydrogens is 1200 g/mol. The van der Waals surface area contributed by atoms with Crippen LogP contribution >= 0.6 is 15.6 Å². The molecule has 5 atom stereocenters. The molecule has 0 aromatic carbocycles. The van der Waals surface area contributed by atoms with Gasteiger partial charge in [-0.25, -0.2) is 9.13 Å². The summed E-state index contributed by atoms with van der Waals surface area (Å²) in [5, 5.41) is 10.6. The van der Waals surface area contributed by atoms with Crippen molar-refractivity contribution in [1.82, 2.24) is 0 Å². The quantitative estimate of drug-likeness (QED) is 0.0222. The van der Waals surface area contributed by atoms with Gasteiger partial charge in [0.2, 0.25) is 0 Å².